The molecule has 0 saturated carbocycles. The smallest absolute Gasteiger partial charge is 0.337 e. The van der Waals surface area contributed by atoms with E-state index in [-0.39, 0.29) is 29.6 Å². The van der Waals surface area contributed by atoms with Crippen molar-refractivity contribution in [2.24, 2.45) is 5.73 Å². The summed E-state index contributed by atoms with van der Waals surface area (Å²) in [6.45, 7) is 0. The third-order valence-electron chi connectivity index (χ3n) is 0. The molecule has 0 aliphatic carbocycles. The van der Waals surface area contributed by atoms with Crippen LogP contribution in [0.1, 0.15) is 0 Å². The van der Waals surface area contributed by atoms with E-state index in [4.69, 9.17) is 5.26 Å². The topological polar surface area (TPSA) is 49.8 Å². The minimum absolute atomic E-state index is 0. The molecule has 0 aliphatic rings. The first-order valence-electron chi connectivity index (χ1n) is 0.512. The van der Waals surface area contributed by atoms with Crippen molar-refractivity contribution in [1.29, 1.82) is 5.26 Å². The molecular formula is CH2N2Na+. The second-order valence-electron chi connectivity index (χ2n) is 0.129. The summed E-state index contributed by atoms with van der Waals surface area (Å²) in [6.07, 6.45) is 1.25. The molecular weight excluding hydrogens is 63.0 g/mol. The van der Waals surface area contributed by atoms with Crippen LogP contribution in [0.15, 0.2) is 0 Å². The number of hydrogen-bond donors (Lipinski definition) is 1. The number of hydrogen-bond acceptors (Lipinski definition) is 2. The molecule has 0 atom stereocenters. The van der Waals surface area contributed by atoms with Gasteiger partial charge in [-0.3, -0.25) is 0 Å². The maximum Gasteiger partial charge on any atom is 1.00 e. The summed E-state index contributed by atoms with van der Waals surface area (Å²) in [5, 5.41) is 7.10. The average molecular weight is 65.0 g/mol. The molecule has 0 rings (SSSR count). The van der Waals surface area contributed by atoms with Crippen LogP contribution < -0.4 is 35.3 Å². The van der Waals surface area contributed by atoms with Crippen molar-refractivity contribution in [1.82, 2.24) is 0 Å². The van der Waals surface area contributed by atoms with Gasteiger partial charge in [-0.15, -0.1) is 0 Å². The van der Waals surface area contributed by atoms with Gasteiger partial charge in [0.2, 0.25) is 0 Å². The van der Waals surface area contributed by atoms with E-state index in [1.54, 1.807) is 0 Å². The Morgan fingerprint density at radius 3 is 1.75 bits per heavy atom. The average Bonchev–Trinajstić information content (AvgIpc) is 0.918. The molecule has 0 saturated heterocycles. The SMILES string of the molecule is N#CN.[Na+]. The van der Waals surface area contributed by atoms with Gasteiger partial charge in [0.25, 0.3) is 0 Å². The van der Waals surface area contributed by atoms with Crippen molar-refractivity contribution in [3.05, 3.63) is 0 Å². The van der Waals surface area contributed by atoms with Crippen molar-refractivity contribution < 1.29 is 29.6 Å². The van der Waals surface area contributed by atoms with Crippen molar-refractivity contribution in [3.8, 4) is 6.19 Å². The molecule has 3 heteroatoms. The predicted molar refractivity (Wildman–Crippen MR) is 9.80 cm³/mol. The molecule has 0 radical (unpaired) electrons. The number of rotatable bonds is 0. The second-order valence-corrected chi connectivity index (χ2v) is 0.129. The molecule has 0 aliphatic heterocycles. The van der Waals surface area contributed by atoms with Gasteiger partial charge in [-0.2, -0.15) is 5.26 Å². The number of nitrogens with two attached hydrogens (primary N) is 1. The molecule has 0 spiro atoms. The molecule has 0 aromatic heterocycles. The van der Waals surface area contributed by atoms with Gasteiger partial charge in [0, 0.05) is 0 Å². The first-order chi connectivity index (χ1) is 1.41. The molecule has 16 valence electrons. The predicted octanol–water partition coefficient (Wildman–Crippen LogP) is -3.57. The molecule has 0 bridgehead atoms. The molecule has 0 amide bonds. The van der Waals surface area contributed by atoms with Crippen LogP contribution in [0.5, 0.6) is 0 Å². The van der Waals surface area contributed by atoms with Crippen LogP contribution in [0.3, 0.4) is 0 Å². The molecule has 0 aromatic carbocycles. The van der Waals surface area contributed by atoms with Crippen LogP contribution in [0.4, 0.5) is 0 Å². The molecule has 0 unspecified atom stereocenters. The normalized spacial score (nSPS) is 1.75. The van der Waals surface area contributed by atoms with E-state index in [1.165, 1.54) is 6.19 Å². The van der Waals surface area contributed by atoms with Gasteiger partial charge < -0.3 is 5.73 Å². The van der Waals surface area contributed by atoms with Crippen LogP contribution >= 0.6 is 0 Å². The Morgan fingerprint density at radius 2 is 1.75 bits per heavy atom. The fourth-order valence-electron chi connectivity index (χ4n) is 0. The number of nitrogens with zero attached hydrogens (tertiary/aromatic N) is 1. The van der Waals surface area contributed by atoms with Crippen molar-refractivity contribution in [2.45, 2.75) is 0 Å². The molecule has 2 nitrogen and oxygen atoms in total. The molecule has 0 fully saturated rings. The van der Waals surface area contributed by atoms with E-state index in [0.717, 1.165) is 0 Å². The largest absolute Gasteiger partial charge is 1.00 e. The zero-order valence-electron chi connectivity index (χ0n) is 2.52. The zero-order valence-corrected chi connectivity index (χ0v) is 4.52. The van der Waals surface area contributed by atoms with E-state index in [9.17, 15) is 0 Å². The van der Waals surface area contributed by atoms with Gasteiger partial charge in [0.05, 0.1) is 0 Å². The zero-order chi connectivity index (χ0) is 2.71. The Hall–Kier alpha value is 0.290. The van der Waals surface area contributed by atoms with E-state index in [2.05, 4.69) is 5.73 Å². The maximum absolute atomic E-state index is 7.10. The monoisotopic (exact) mass is 65.0 g/mol. The maximum atomic E-state index is 7.10. The van der Waals surface area contributed by atoms with Crippen LogP contribution in [0.2, 0.25) is 0 Å². The standard InChI is InChI=1S/CH2N2.Na/c2-1-3;/h2H2;/q;+1. The van der Waals surface area contributed by atoms with E-state index in [1.807, 2.05) is 0 Å². The van der Waals surface area contributed by atoms with Crippen molar-refractivity contribution in [3.63, 3.8) is 0 Å². The van der Waals surface area contributed by atoms with Crippen LogP contribution in [0, 0.1) is 11.5 Å². The van der Waals surface area contributed by atoms with Gasteiger partial charge >= 0.3 is 29.6 Å². The van der Waals surface area contributed by atoms with Crippen LogP contribution in [-0.2, 0) is 0 Å². The molecule has 2 N–H and O–H groups in total. The van der Waals surface area contributed by atoms with Gasteiger partial charge in [-0.05, 0) is 0 Å². The van der Waals surface area contributed by atoms with Crippen molar-refractivity contribution >= 4 is 0 Å². The first kappa shape index (κ1) is 8.85. The van der Waals surface area contributed by atoms with Gasteiger partial charge in [-0.25, -0.2) is 0 Å². The molecule has 4 heavy (non-hydrogen) atoms. The van der Waals surface area contributed by atoms with Crippen LogP contribution in [-0.4, -0.2) is 0 Å². The second kappa shape index (κ2) is 10.4. The summed E-state index contributed by atoms with van der Waals surface area (Å²) >= 11 is 0. The van der Waals surface area contributed by atoms with Gasteiger partial charge in [-0.1, -0.05) is 0 Å². The Bertz CT molecular complexity index is 27.5. The Balaban J connectivity index is 0. The Labute approximate surface area is 46.9 Å². The third kappa shape index (κ3) is 45.3. The molecule has 0 aromatic rings. The Morgan fingerprint density at radius 1 is 1.75 bits per heavy atom. The summed E-state index contributed by atoms with van der Waals surface area (Å²) in [4.78, 5) is 0. The van der Waals surface area contributed by atoms with Gasteiger partial charge in [0.1, 0.15) is 0 Å². The van der Waals surface area contributed by atoms with E-state index >= 15 is 0 Å². The fraction of sp³-hybridized carbons (Fsp3) is 0. The first-order valence-corrected chi connectivity index (χ1v) is 0.512. The summed E-state index contributed by atoms with van der Waals surface area (Å²) in [5.41, 5.74) is 4.15. The minimum atomic E-state index is 0. The fourth-order valence-corrected chi connectivity index (χ4v) is 0. The summed E-state index contributed by atoms with van der Waals surface area (Å²) < 4.78 is 0. The third-order valence-corrected chi connectivity index (χ3v) is 0. The number of nitriles is 1. The summed E-state index contributed by atoms with van der Waals surface area (Å²) in [6, 6.07) is 0. The van der Waals surface area contributed by atoms with E-state index in [0.29, 0.717) is 0 Å². The summed E-state index contributed by atoms with van der Waals surface area (Å²) in [7, 11) is 0. The van der Waals surface area contributed by atoms with Gasteiger partial charge in [0.15, 0.2) is 6.19 Å². The van der Waals surface area contributed by atoms with Crippen LogP contribution in [0.25, 0.3) is 0 Å². The summed E-state index contributed by atoms with van der Waals surface area (Å²) in [5.74, 6) is 0. The van der Waals surface area contributed by atoms with Crippen molar-refractivity contribution in [2.75, 3.05) is 0 Å². The van der Waals surface area contributed by atoms with E-state index < -0.39 is 0 Å². The quantitative estimate of drug-likeness (QED) is 0.180. The molecule has 0 heterocycles. The minimum Gasteiger partial charge on any atom is -0.337 e. The Kier molecular flexibility index (Phi) is 23.0.